The van der Waals surface area contributed by atoms with Crippen LogP contribution in [0.3, 0.4) is 0 Å². The summed E-state index contributed by atoms with van der Waals surface area (Å²) in [7, 11) is 0. The van der Waals surface area contributed by atoms with Gasteiger partial charge in [0.15, 0.2) is 0 Å². The average molecular weight is 211 g/mol. The van der Waals surface area contributed by atoms with Gasteiger partial charge in [-0.2, -0.15) is 0 Å². The van der Waals surface area contributed by atoms with Crippen LogP contribution in [0.15, 0.2) is 0 Å². The van der Waals surface area contributed by atoms with Crippen LogP contribution in [0.5, 0.6) is 0 Å². The molecule has 2 nitrogen and oxygen atoms in total. The van der Waals surface area contributed by atoms with Gasteiger partial charge in [-0.3, -0.25) is 0 Å². The van der Waals surface area contributed by atoms with Crippen LogP contribution in [-0.4, -0.2) is 35.2 Å². The van der Waals surface area contributed by atoms with Crippen molar-refractivity contribution in [2.24, 2.45) is 0 Å². The number of aliphatic hydroxyl groups is 1. The molecule has 2 atom stereocenters. The van der Waals surface area contributed by atoms with Gasteiger partial charge in [-0.15, -0.1) is 12.8 Å². The van der Waals surface area contributed by atoms with E-state index < -0.39 is 0 Å². The van der Waals surface area contributed by atoms with Crippen molar-refractivity contribution in [1.82, 2.24) is 4.90 Å². The van der Waals surface area contributed by atoms with Gasteiger partial charge in [0.25, 0.3) is 0 Å². The van der Waals surface area contributed by atoms with Crippen molar-refractivity contribution in [3.8, 4) is 12.8 Å². The SMILES string of the molecule is C#C.CCCCN1CCC(O)C[C@H]1CC. The Morgan fingerprint density at radius 3 is 2.53 bits per heavy atom. The monoisotopic (exact) mass is 211 g/mol. The molecule has 0 radical (unpaired) electrons. The lowest BCUT2D eigenvalue weighted by Crippen LogP contribution is -2.44. The number of likely N-dealkylation sites (tertiary alicyclic amines) is 1. The first kappa shape index (κ1) is 14.5. The molecule has 2 heteroatoms. The van der Waals surface area contributed by atoms with Gasteiger partial charge < -0.3 is 10.0 Å². The van der Waals surface area contributed by atoms with Gasteiger partial charge in [-0.1, -0.05) is 20.3 Å². The Hall–Kier alpha value is -0.520. The van der Waals surface area contributed by atoms with Crippen LogP contribution in [-0.2, 0) is 0 Å². The Labute approximate surface area is 94.7 Å². The Morgan fingerprint density at radius 2 is 2.00 bits per heavy atom. The van der Waals surface area contributed by atoms with Crippen molar-refractivity contribution < 1.29 is 5.11 Å². The average Bonchev–Trinajstić information content (AvgIpc) is 2.30. The van der Waals surface area contributed by atoms with E-state index in [2.05, 4.69) is 31.6 Å². The third kappa shape index (κ3) is 5.20. The van der Waals surface area contributed by atoms with E-state index in [1.165, 1.54) is 25.8 Å². The fraction of sp³-hybridized carbons (Fsp3) is 0.846. The molecule has 1 unspecified atom stereocenters. The van der Waals surface area contributed by atoms with E-state index in [4.69, 9.17) is 0 Å². The molecule has 0 spiro atoms. The summed E-state index contributed by atoms with van der Waals surface area (Å²) in [5.41, 5.74) is 0. The van der Waals surface area contributed by atoms with E-state index in [1.807, 2.05) is 0 Å². The maximum absolute atomic E-state index is 9.53. The Kier molecular flexibility index (Phi) is 8.46. The van der Waals surface area contributed by atoms with E-state index in [0.717, 1.165) is 19.4 Å². The fourth-order valence-electron chi connectivity index (χ4n) is 2.16. The first-order chi connectivity index (χ1) is 7.27. The lowest BCUT2D eigenvalue weighted by atomic mass is 9.97. The van der Waals surface area contributed by atoms with Crippen molar-refractivity contribution in [3.63, 3.8) is 0 Å². The van der Waals surface area contributed by atoms with E-state index in [1.54, 1.807) is 0 Å². The van der Waals surface area contributed by atoms with Crippen LogP contribution in [0.2, 0.25) is 0 Å². The molecule has 0 saturated carbocycles. The Balaban J connectivity index is 0.000000921. The summed E-state index contributed by atoms with van der Waals surface area (Å²) >= 11 is 0. The molecule has 0 aromatic heterocycles. The quantitative estimate of drug-likeness (QED) is 0.721. The standard InChI is InChI=1S/C11H23NO.C2H2/c1-3-5-7-12-8-6-11(13)9-10(12)4-2;1-2/h10-11,13H,3-9H2,1-2H3;1-2H/t10-,11?;/m1./s1. The van der Waals surface area contributed by atoms with Crippen molar-refractivity contribution in [2.75, 3.05) is 13.1 Å². The first-order valence-electron chi connectivity index (χ1n) is 6.03. The minimum Gasteiger partial charge on any atom is -0.393 e. The van der Waals surface area contributed by atoms with Gasteiger partial charge >= 0.3 is 0 Å². The number of piperidine rings is 1. The topological polar surface area (TPSA) is 23.5 Å². The third-order valence-electron chi connectivity index (χ3n) is 3.08. The fourth-order valence-corrected chi connectivity index (χ4v) is 2.16. The molecule has 1 rings (SSSR count). The Morgan fingerprint density at radius 1 is 1.33 bits per heavy atom. The normalized spacial score (nSPS) is 26.7. The zero-order valence-electron chi connectivity index (χ0n) is 10.2. The molecule has 0 amide bonds. The smallest absolute Gasteiger partial charge is 0.0567 e. The van der Waals surface area contributed by atoms with Crippen LogP contribution in [0.4, 0.5) is 0 Å². The maximum atomic E-state index is 9.53. The molecular weight excluding hydrogens is 186 g/mol. The lowest BCUT2D eigenvalue weighted by molar-refractivity contribution is 0.0393. The predicted octanol–water partition coefficient (Wildman–Crippen LogP) is 2.27. The second-order valence-electron chi connectivity index (χ2n) is 4.13. The molecule has 88 valence electrons. The molecule has 1 aliphatic heterocycles. The van der Waals surface area contributed by atoms with Gasteiger partial charge in [-0.05, 0) is 32.2 Å². The van der Waals surface area contributed by atoms with Gasteiger partial charge in [0.2, 0.25) is 0 Å². The molecule has 1 N–H and O–H groups in total. The summed E-state index contributed by atoms with van der Waals surface area (Å²) in [4.78, 5) is 2.55. The van der Waals surface area contributed by atoms with E-state index >= 15 is 0 Å². The molecule has 0 aromatic rings. The molecule has 1 heterocycles. The van der Waals surface area contributed by atoms with Gasteiger partial charge in [0.1, 0.15) is 0 Å². The number of nitrogens with zero attached hydrogens (tertiary/aromatic N) is 1. The molecule has 1 saturated heterocycles. The van der Waals surface area contributed by atoms with Crippen molar-refractivity contribution in [2.45, 2.75) is 58.1 Å². The number of terminal acetylenes is 1. The third-order valence-corrected chi connectivity index (χ3v) is 3.08. The highest BCUT2D eigenvalue weighted by Gasteiger charge is 2.24. The molecule has 15 heavy (non-hydrogen) atoms. The van der Waals surface area contributed by atoms with E-state index in [9.17, 15) is 5.11 Å². The number of aliphatic hydroxyl groups excluding tert-OH is 1. The lowest BCUT2D eigenvalue weighted by Gasteiger charge is -2.37. The Bertz CT molecular complexity index is 165. The summed E-state index contributed by atoms with van der Waals surface area (Å²) in [6.45, 7) is 6.78. The van der Waals surface area contributed by atoms with E-state index in [0.29, 0.717) is 6.04 Å². The second-order valence-corrected chi connectivity index (χ2v) is 4.13. The minimum atomic E-state index is -0.0390. The molecule has 1 fully saturated rings. The van der Waals surface area contributed by atoms with Crippen molar-refractivity contribution in [1.29, 1.82) is 0 Å². The van der Waals surface area contributed by atoms with Crippen LogP contribution in [0.1, 0.15) is 46.0 Å². The summed E-state index contributed by atoms with van der Waals surface area (Å²) in [5.74, 6) is 0. The van der Waals surface area contributed by atoms with Crippen LogP contribution < -0.4 is 0 Å². The highest BCUT2D eigenvalue weighted by Crippen LogP contribution is 2.20. The molecule has 0 aromatic carbocycles. The predicted molar refractivity (Wildman–Crippen MR) is 65.7 cm³/mol. The number of unbranched alkanes of at least 4 members (excludes halogenated alkanes) is 1. The maximum Gasteiger partial charge on any atom is 0.0567 e. The number of rotatable bonds is 4. The van der Waals surface area contributed by atoms with Crippen LogP contribution >= 0.6 is 0 Å². The van der Waals surface area contributed by atoms with Crippen LogP contribution in [0, 0.1) is 12.8 Å². The zero-order chi connectivity index (χ0) is 11.7. The minimum absolute atomic E-state index is 0.0390. The van der Waals surface area contributed by atoms with Crippen molar-refractivity contribution >= 4 is 0 Å². The largest absolute Gasteiger partial charge is 0.393 e. The molecule has 0 bridgehead atoms. The van der Waals surface area contributed by atoms with E-state index in [-0.39, 0.29) is 6.10 Å². The molecular formula is C13H25NO. The summed E-state index contributed by atoms with van der Waals surface area (Å²) in [6, 6.07) is 0.635. The molecule has 0 aliphatic carbocycles. The van der Waals surface area contributed by atoms with Gasteiger partial charge in [-0.25, -0.2) is 0 Å². The van der Waals surface area contributed by atoms with Gasteiger partial charge in [0, 0.05) is 12.6 Å². The summed E-state index contributed by atoms with van der Waals surface area (Å²) < 4.78 is 0. The second kappa shape index (κ2) is 8.76. The zero-order valence-corrected chi connectivity index (χ0v) is 10.2. The highest BCUT2D eigenvalue weighted by atomic mass is 16.3. The summed E-state index contributed by atoms with van der Waals surface area (Å²) in [6.07, 6.45) is 13.7. The summed E-state index contributed by atoms with van der Waals surface area (Å²) in [5, 5.41) is 9.53. The number of hydrogen-bond acceptors (Lipinski definition) is 2. The first-order valence-corrected chi connectivity index (χ1v) is 6.03. The van der Waals surface area contributed by atoms with Crippen LogP contribution in [0.25, 0.3) is 0 Å². The molecule has 1 aliphatic rings. The van der Waals surface area contributed by atoms with Gasteiger partial charge in [0.05, 0.1) is 6.10 Å². The number of hydrogen-bond donors (Lipinski definition) is 1. The van der Waals surface area contributed by atoms with Crippen molar-refractivity contribution in [3.05, 3.63) is 0 Å². The highest BCUT2D eigenvalue weighted by molar-refractivity contribution is 4.80.